The molecule has 0 aromatic heterocycles. The van der Waals surface area contributed by atoms with Crippen molar-refractivity contribution in [3.8, 4) is 5.75 Å². The summed E-state index contributed by atoms with van der Waals surface area (Å²) in [5, 5.41) is 19.3. The Kier molecular flexibility index (Phi) is 16.9. The van der Waals surface area contributed by atoms with Crippen molar-refractivity contribution in [2.24, 2.45) is 5.92 Å². The van der Waals surface area contributed by atoms with Crippen LogP contribution in [0.15, 0.2) is 83.3 Å². The second-order valence-electron chi connectivity index (χ2n) is 18.6. The summed E-state index contributed by atoms with van der Waals surface area (Å²) in [6, 6.07) is 18.6. The summed E-state index contributed by atoms with van der Waals surface area (Å²) in [6.45, 7) is 5.30. The van der Waals surface area contributed by atoms with Crippen LogP contribution < -0.4 is 46.4 Å². The summed E-state index contributed by atoms with van der Waals surface area (Å²) in [6.07, 6.45) is 4.65. The molecule has 6 N–H and O–H groups in total. The van der Waals surface area contributed by atoms with Crippen molar-refractivity contribution in [2.75, 3.05) is 50.6 Å². The number of hydrogen-bond acceptors (Lipinski definition) is 10. The van der Waals surface area contributed by atoms with Gasteiger partial charge in [-0.25, -0.2) is 0 Å². The van der Waals surface area contributed by atoms with E-state index in [9.17, 15) is 33.6 Å². The summed E-state index contributed by atoms with van der Waals surface area (Å²) in [4.78, 5) is 103. The molecule has 70 heavy (non-hydrogen) atoms. The molecule has 7 amide bonds. The number of para-hydroxylation sites is 2. The first kappa shape index (κ1) is 51.5. The number of carbonyl (C=O) groups is 7. The predicted octanol–water partition coefficient (Wildman–Crippen LogP) is 4.41. The van der Waals surface area contributed by atoms with Gasteiger partial charge in [0.05, 0.1) is 44.2 Å². The molecule has 1 saturated heterocycles. The molecule has 17 nitrogen and oxygen atoms in total. The number of hydrogen-bond donors (Lipinski definition) is 6. The number of likely N-dealkylation sites (tertiary alicyclic amines) is 1. The molecule has 4 aromatic rings. The van der Waals surface area contributed by atoms with E-state index in [1.54, 1.807) is 57.3 Å². The Labute approximate surface area is 417 Å². The van der Waals surface area contributed by atoms with Crippen LogP contribution in [0, 0.1) is 5.92 Å². The number of halogens is 1. The molecule has 4 aromatic carbocycles. The van der Waals surface area contributed by atoms with Gasteiger partial charge >= 0.3 is 0 Å². The van der Waals surface area contributed by atoms with Crippen molar-refractivity contribution in [1.29, 1.82) is 0 Å². The van der Waals surface area contributed by atoms with Gasteiger partial charge < -0.3 is 51.3 Å². The number of carbonyl (C=O) groups excluding carboxylic acids is 7. The zero-order valence-electron chi connectivity index (χ0n) is 40.6. The lowest BCUT2D eigenvalue weighted by Gasteiger charge is -2.34. The van der Waals surface area contributed by atoms with Crippen LogP contribution in [-0.4, -0.2) is 123 Å². The topological polar surface area (TPSA) is 211 Å². The van der Waals surface area contributed by atoms with Crippen LogP contribution in [0.2, 0.25) is 0 Å². The van der Waals surface area contributed by atoms with E-state index >= 15 is 0 Å². The van der Waals surface area contributed by atoms with E-state index in [1.165, 1.54) is 34.1 Å². The molecular formula is C52H64BrN9O8. The van der Waals surface area contributed by atoms with E-state index in [2.05, 4.69) is 47.8 Å². The van der Waals surface area contributed by atoms with Crippen molar-refractivity contribution in [3.63, 3.8) is 0 Å². The van der Waals surface area contributed by atoms with Gasteiger partial charge in [-0.3, -0.25) is 33.6 Å². The zero-order chi connectivity index (χ0) is 50.2. The van der Waals surface area contributed by atoms with Crippen LogP contribution in [0.4, 0.5) is 11.4 Å². The second kappa shape index (κ2) is 23.0. The number of fused-ring (bicyclic) bond motifs is 2. The summed E-state index contributed by atoms with van der Waals surface area (Å²) in [5.74, 6) is -2.31. The number of nitrogens with one attached hydrogen (secondary N) is 6. The number of likely N-dealkylation sites (N-methyl/N-ethyl adjacent to an activating group) is 2. The number of benzene rings is 4. The second-order valence-corrected chi connectivity index (χ2v) is 19.6. The largest absolute Gasteiger partial charge is 0.496 e. The van der Waals surface area contributed by atoms with Gasteiger partial charge in [0.25, 0.3) is 17.7 Å². The number of ether oxygens (including phenoxy) is 1. The molecule has 2 heterocycles. The van der Waals surface area contributed by atoms with Gasteiger partial charge in [0, 0.05) is 39.8 Å². The van der Waals surface area contributed by atoms with E-state index in [0.29, 0.717) is 17.1 Å². The zero-order valence-corrected chi connectivity index (χ0v) is 42.2. The maximum Gasteiger partial charge on any atom is 0.258 e. The molecule has 5 atom stereocenters. The van der Waals surface area contributed by atoms with Gasteiger partial charge in [-0.15, -0.1) is 0 Å². The Hall–Kier alpha value is -6.37. The first-order valence-electron chi connectivity index (χ1n) is 24.0. The maximum absolute atomic E-state index is 14.8. The number of rotatable bonds is 16. The van der Waals surface area contributed by atoms with Crippen molar-refractivity contribution in [3.05, 3.63) is 100 Å². The predicted molar refractivity (Wildman–Crippen MR) is 271 cm³/mol. The Balaban J connectivity index is 1.14. The highest BCUT2D eigenvalue weighted by atomic mass is 79.9. The first-order chi connectivity index (χ1) is 33.6. The van der Waals surface area contributed by atoms with E-state index in [1.807, 2.05) is 44.2 Å². The summed E-state index contributed by atoms with van der Waals surface area (Å²) >= 11 is 3.56. The minimum atomic E-state index is -1.16. The van der Waals surface area contributed by atoms with Crippen molar-refractivity contribution in [1.82, 2.24) is 36.8 Å². The van der Waals surface area contributed by atoms with Crippen molar-refractivity contribution < 1.29 is 38.3 Å². The van der Waals surface area contributed by atoms with Gasteiger partial charge in [-0.2, -0.15) is 0 Å². The Bertz CT molecular complexity index is 2600. The normalized spacial score (nSPS) is 19.2. The van der Waals surface area contributed by atoms with Crippen molar-refractivity contribution in [2.45, 2.75) is 102 Å². The number of methoxy groups -OCH3 is 1. The number of nitrogens with zero attached hydrogens (tertiary/aromatic N) is 3. The molecule has 2 aliphatic heterocycles. The molecule has 7 rings (SSSR count). The molecule has 1 saturated carbocycles. The highest BCUT2D eigenvalue weighted by Crippen LogP contribution is 2.38. The van der Waals surface area contributed by atoms with E-state index in [-0.39, 0.29) is 73.4 Å². The molecule has 3 aliphatic rings. The first-order valence-corrected chi connectivity index (χ1v) is 24.8. The van der Waals surface area contributed by atoms with Gasteiger partial charge in [0.2, 0.25) is 23.6 Å². The van der Waals surface area contributed by atoms with Crippen LogP contribution in [0.1, 0.15) is 85.6 Å². The number of anilines is 2. The van der Waals surface area contributed by atoms with Crippen molar-refractivity contribution >= 4 is 79.4 Å². The Morgan fingerprint density at radius 2 is 1.51 bits per heavy atom. The Morgan fingerprint density at radius 3 is 2.19 bits per heavy atom. The third kappa shape index (κ3) is 11.6. The average molecular weight is 1020 g/mol. The summed E-state index contributed by atoms with van der Waals surface area (Å²) in [7, 11) is 4.87. The molecule has 0 spiro atoms. The lowest BCUT2D eigenvalue weighted by molar-refractivity contribution is -0.143. The minimum absolute atomic E-state index is 0.0384. The SMILES string of the molecule is CNCC(=O)NC(C(=O)N1CC(NC(=O)c2ccc(C(=O)N3CC(NC(=O)C(C)NC)C(=O)N(Cc4c(OC)ccc5cc(Br)ccc45)c4ccccc43)cc2)CC1C(=O)NC(C)C)C1CCCCC1. The lowest BCUT2D eigenvalue weighted by atomic mass is 9.83. The van der Waals surface area contributed by atoms with Crippen LogP contribution in [0.25, 0.3) is 10.8 Å². The standard InChI is InChI=1S/C52H64BrN9O8/c1-30(2)56-49(66)43-25-37(27-60(43)52(69)46(59-45(63)26-54-4)32-12-8-7-9-13-32)57-48(65)33-16-18-34(19-17-33)50(67)62-29-40(58-47(64)31(3)55-5)51(68)61(41-14-10-11-15-42(41)62)28-39-38-22-21-36(53)24-35(38)20-23-44(39)70-6/h10-11,14-24,30-32,37,40,43,46,54-55H,7-9,12-13,25-29H2,1-6H3,(H,56,66)(H,57,65)(H,58,64)(H,59,63). The number of amides is 7. The molecule has 372 valence electrons. The quantitative estimate of drug-likeness (QED) is 0.0932. The fourth-order valence-electron chi connectivity index (χ4n) is 9.75. The summed E-state index contributed by atoms with van der Waals surface area (Å²) in [5.41, 5.74) is 2.08. The van der Waals surface area contributed by atoms with Gasteiger partial charge in [-0.05, 0) is 125 Å². The maximum atomic E-state index is 14.8. The van der Waals surface area contributed by atoms with Gasteiger partial charge in [0.15, 0.2) is 0 Å². The fourth-order valence-corrected chi connectivity index (χ4v) is 10.1. The third-order valence-electron chi connectivity index (χ3n) is 13.5. The highest BCUT2D eigenvalue weighted by Gasteiger charge is 2.45. The highest BCUT2D eigenvalue weighted by molar-refractivity contribution is 9.10. The van der Waals surface area contributed by atoms with E-state index < -0.39 is 53.8 Å². The monoisotopic (exact) mass is 1020 g/mol. The lowest BCUT2D eigenvalue weighted by Crippen LogP contribution is -2.57. The fraction of sp³-hybridized carbons (Fsp3) is 0.442. The third-order valence-corrected chi connectivity index (χ3v) is 13.9. The molecule has 18 heteroatoms. The molecule has 0 radical (unpaired) electrons. The van der Waals surface area contributed by atoms with Gasteiger partial charge in [-0.1, -0.05) is 59.5 Å². The molecule has 0 bridgehead atoms. The molecule has 5 unspecified atom stereocenters. The Morgan fingerprint density at radius 1 is 0.814 bits per heavy atom. The van der Waals surface area contributed by atoms with Gasteiger partial charge in [0.1, 0.15) is 23.9 Å². The molecule has 1 aliphatic carbocycles. The van der Waals surface area contributed by atoms with E-state index in [0.717, 1.165) is 52.9 Å². The van der Waals surface area contributed by atoms with Crippen LogP contribution in [0.3, 0.4) is 0 Å². The average Bonchev–Trinajstić information content (AvgIpc) is 3.74. The van der Waals surface area contributed by atoms with E-state index in [4.69, 9.17) is 4.74 Å². The van der Waals surface area contributed by atoms with Crippen LogP contribution in [-0.2, 0) is 30.5 Å². The minimum Gasteiger partial charge on any atom is -0.496 e. The smallest absolute Gasteiger partial charge is 0.258 e. The summed E-state index contributed by atoms with van der Waals surface area (Å²) < 4.78 is 6.71. The van der Waals surface area contributed by atoms with Crippen LogP contribution >= 0.6 is 15.9 Å². The van der Waals surface area contributed by atoms with Crippen LogP contribution in [0.5, 0.6) is 5.75 Å². The molecular weight excluding hydrogens is 959 g/mol. The molecule has 2 fully saturated rings.